The molecule has 0 aromatic rings. The first-order valence-electron chi connectivity index (χ1n) is 6.57. The lowest BCUT2D eigenvalue weighted by Gasteiger charge is -2.46. The summed E-state index contributed by atoms with van der Waals surface area (Å²) in [5, 5.41) is 4.53. The fourth-order valence-electron chi connectivity index (χ4n) is 2.79. The highest BCUT2D eigenvalue weighted by atomic mass is 32.2. The molecule has 3 unspecified atom stereocenters. The van der Waals surface area contributed by atoms with Crippen LogP contribution in [0.5, 0.6) is 0 Å². The zero-order valence-electron chi connectivity index (χ0n) is 11.1. The normalized spacial score (nSPS) is 38.6. The van der Waals surface area contributed by atoms with Crippen molar-refractivity contribution in [2.75, 3.05) is 25.9 Å². The lowest BCUT2D eigenvalue weighted by atomic mass is 9.91. The Morgan fingerprint density at radius 3 is 2.75 bits per heavy atom. The van der Waals surface area contributed by atoms with Crippen molar-refractivity contribution in [3.63, 3.8) is 0 Å². The van der Waals surface area contributed by atoms with Crippen LogP contribution in [0.3, 0.4) is 0 Å². The van der Waals surface area contributed by atoms with E-state index in [2.05, 4.69) is 37.2 Å². The van der Waals surface area contributed by atoms with E-state index in [1.165, 1.54) is 25.9 Å². The maximum absolute atomic E-state index is 3.78. The first kappa shape index (κ1) is 12.7. The van der Waals surface area contributed by atoms with Crippen LogP contribution in [0, 0.1) is 5.92 Å². The van der Waals surface area contributed by atoms with Crippen molar-refractivity contribution in [3.05, 3.63) is 0 Å². The summed E-state index contributed by atoms with van der Waals surface area (Å²) in [6, 6.07) is 0.696. The van der Waals surface area contributed by atoms with Crippen molar-refractivity contribution in [3.8, 4) is 0 Å². The Labute approximate surface area is 105 Å². The number of piperazine rings is 1. The number of thioether (sulfide) groups is 1. The number of hydrogen-bond acceptors (Lipinski definition) is 3. The molecule has 1 aliphatic heterocycles. The van der Waals surface area contributed by atoms with E-state index in [0.717, 1.165) is 17.7 Å². The third-order valence-electron chi connectivity index (χ3n) is 4.33. The van der Waals surface area contributed by atoms with Crippen LogP contribution >= 0.6 is 11.8 Å². The minimum absolute atomic E-state index is 0.393. The summed E-state index contributed by atoms with van der Waals surface area (Å²) in [5.41, 5.74) is 0.393. The molecule has 1 aliphatic carbocycles. The molecule has 16 heavy (non-hydrogen) atoms. The Morgan fingerprint density at radius 1 is 1.50 bits per heavy atom. The van der Waals surface area contributed by atoms with Gasteiger partial charge in [-0.15, -0.1) is 0 Å². The van der Waals surface area contributed by atoms with E-state index in [0.29, 0.717) is 11.6 Å². The van der Waals surface area contributed by atoms with Crippen molar-refractivity contribution in [1.29, 1.82) is 0 Å². The van der Waals surface area contributed by atoms with E-state index >= 15 is 0 Å². The maximum atomic E-state index is 3.78. The van der Waals surface area contributed by atoms with Gasteiger partial charge in [0.2, 0.25) is 0 Å². The quantitative estimate of drug-likeness (QED) is 0.813. The van der Waals surface area contributed by atoms with E-state index in [1.807, 2.05) is 11.8 Å². The van der Waals surface area contributed by atoms with Gasteiger partial charge in [-0.3, -0.25) is 4.90 Å². The molecule has 1 saturated heterocycles. The highest BCUT2D eigenvalue weighted by Crippen LogP contribution is 2.41. The second kappa shape index (κ2) is 4.87. The van der Waals surface area contributed by atoms with Crippen molar-refractivity contribution < 1.29 is 0 Å². The Morgan fingerprint density at radius 2 is 2.19 bits per heavy atom. The van der Waals surface area contributed by atoms with Gasteiger partial charge in [0, 0.05) is 36.5 Å². The minimum Gasteiger partial charge on any atom is -0.308 e. The van der Waals surface area contributed by atoms with Gasteiger partial charge in [-0.05, 0) is 38.9 Å². The fourth-order valence-corrected chi connectivity index (χ4v) is 3.13. The molecule has 2 nitrogen and oxygen atoms in total. The molecule has 94 valence electrons. The maximum Gasteiger partial charge on any atom is 0.0309 e. The Balaban J connectivity index is 1.94. The van der Waals surface area contributed by atoms with E-state index in [9.17, 15) is 0 Å². The molecule has 0 amide bonds. The lowest BCUT2D eigenvalue weighted by molar-refractivity contribution is 0.0848. The standard InChI is InChI=1S/C13H26N2S/c1-10-7-14-13(3,12-5-6-12)9-15(10)8-11(2)16-4/h10-12,14H,5-9H2,1-4H3. The van der Waals surface area contributed by atoms with Crippen molar-refractivity contribution >= 4 is 11.8 Å². The Bertz CT molecular complexity index is 242. The molecule has 0 bridgehead atoms. The monoisotopic (exact) mass is 242 g/mol. The molecule has 3 heteroatoms. The first-order valence-corrected chi connectivity index (χ1v) is 7.86. The molecular formula is C13H26N2S. The van der Waals surface area contributed by atoms with Crippen molar-refractivity contribution in [2.45, 2.75) is 50.4 Å². The molecule has 0 aromatic carbocycles. The van der Waals surface area contributed by atoms with Crippen LogP contribution in [0.15, 0.2) is 0 Å². The van der Waals surface area contributed by atoms with Crippen molar-refractivity contribution in [2.24, 2.45) is 5.92 Å². The predicted molar refractivity (Wildman–Crippen MR) is 73.1 cm³/mol. The van der Waals surface area contributed by atoms with Crippen LogP contribution in [-0.4, -0.2) is 47.6 Å². The highest BCUT2D eigenvalue weighted by Gasteiger charge is 2.45. The predicted octanol–water partition coefficient (Wildman–Crippen LogP) is 2.20. The largest absolute Gasteiger partial charge is 0.308 e. The summed E-state index contributed by atoms with van der Waals surface area (Å²) in [5.74, 6) is 0.937. The molecule has 1 N–H and O–H groups in total. The molecule has 0 aromatic heterocycles. The van der Waals surface area contributed by atoms with E-state index in [1.54, 1.807) is 0 Å². The summed E-state index contributed by atoms with van der Waals surface area (Å²) in [7, 11) is 0. The SMILES string of the molecule is CSC(C)CN1CC(C)(C2CC2)NCC1C. The molecule has 2 rings (SSSR count). The van der Waals surface area contributed by atoms with Gasteiger partial charge in [0.1, 0.15) is 0 Å². The summed E-state index contributed by atoms with van der Waals surface area (Å²) < 4.78 is 0. The highest BCUT2D eigenvalue weighted by molar-refractivity contribution is 7.99. The summed E-state index contributed by atoms with van der Waals surface area (Å²) >= 11 is 1.98. The molecule has 1 heterocycles. The zero-order chi connectivity index (χ0) is 11.8. The van der Waals surface area contributed by atoms with Crippen LogP contribution in [0.1, 0.15) is 33.6 Å². The zero-order valence-corrected chi connectivity index (χ0v) is 11.9. The third kappa shape index (κ3) is 2.74. The van der Waals surface area contributed by atoms with E-state index in [4.69, 9.17) is 0 Å². The average molecular weight is 242 g/mol. The topological polar surface area (TPSA) is 15.3 Å². The number of hydrogen-bond donors (Lipinski definition) is 1. The molecule has 0 spiro atoms. The summed E-state index contributed by atoms with van der Waals surface area (Å²) in [4.78, 5) is 2.69. The molecule has 0 radical (unpaired) electrons. The van der Waals surface area contributed by atoms with E-state index < -0.39 is 0 Å². The molecular weight excluding hydrogens is 216 g/mol. The lowest BCUT2D eigenvalue weighted by Crippen LogP contribution is -2.63. The van der Waals surface area contributed by atoms with Gasteiger partial charge in [0.15, 0.2) is 0 Å². The van der Waals surface area contributed by atoms with Crippen LogP contribution in [-0.2, 0) is 0 Å². The fraction of sp³-hybridized carbons (Fsp3) is 1.00. The Hall–Kier alpha value is 0.270. The van der Waals surface area contributed by atoms with Crippen LogP contribution in [0.25, 0.3) is 0 Å². The summed E-state index contributed by atoms with van der Waals surface area (Å²) in [6.45, 7) is 10.8. The van der Waals surface area contributed by atoms with Gasteiger partial charge in [-0.1, -0.05) is 6.92 Å². The second-order valence-electron chi connectivity index (χ2n) is 5.90. The number of rotatable bonds is 4. The van der Waals surface area contributed by atoms with Gasteiger partial charge in [0.25, 0.3) is 0 Å². The smallest absolute Gasteiger partial charge is 0.0309 e. The van der Waals surface area contributed by atoms with Gasteiger partial charge in [0.05, 0.1) is 0 Å². The molecule has 2 aliphatic rings. The molecule has 2 fully saturated rings. The van der Waals surface area contributed by atoms with E-state index in [-0.39, 0.29) is 0 Å². The van der Waals surface area contributed by atoms with Gasteiger partial charge in [-0.2, -0.15) is 11.8 Å². The molecule has 1 saturated carbocycles. The summed E-state index contributed by atoms with van der Waals surface area (Å²) in [6.07, 6.45) is 5.09. The van der Waals surface area contributed by atoms with Crippen LogP contribution in [0.2, 0.25) is 0 Å². The first-order chi connectivity index (χ1) is 7.55. The van der Waals surface area contributed by atoms with Crippen LogP contribution < -0.4 is 5.32 Å². The number of nitrogens with one attached hydrogen (secondary N) is 1. The average Bonchev–Trinajstić information content (AvgIpc) is 3.07. The molecule has 3 atom stereocenters. The van der Waals surface area contributed by atoms with Gasteiger partial charge in [-0.25, -0.2) is 0 Å². The van der Waals surface area contributed by atoms with Crippen LogP contribution in [0.4, 0.5) is 0 Å². The van der Waals surface area contributed by atoms with Gasteiger partial charge < -0.3 is 5.32 Å². The second-order valence-corrected chi connectivity index (χ2v) is 7.17. The third-order valence-corrected chi connectivity index (χ3v) is 5.28. The Kier molecular flexibility index (Phi) is 3.87. The number of nitrogens with zero attached hydrogens (tertiary/aromatic N) is 1. The minimum atomic E-state index is 0.393. The van der Waals surface area contributed by atoms with Crippen molar-refractivity contribution in [1.82, 2.24) is 10.2 Å². The van der Waals surface area contributed by atoms with Gasteiger partial charge >= 0.3 is 0 Å².